The second-order valence-corrected chi connectivity index (χ2v) is 10.3. The summed E-state index contributed by atoms with van der Waals surface area (Å²) in [5, 5.41) is 2.96. The van der Waals surface area contributed by atoms with Gasteiger partial charge in [-0.25, -0.2) is 16.8 Å². The van der Waals surface area contributed by atoms with Crippen LogP contribution in [0.2, 0.25) is 0 Å². The minimum atomic E-state index is -3.03. The van der Waals surface area contributed by atoms with Crippen LogP contribution < -0.4 is 5.32 Å². The number of hydrogen-bond donors (Lipinski definition) is 1. The predicted molar refractivity (Wildman–Crippen MR) is 82.5 cm³/mol. The van der Waals surface area contributed by atoms with Crippen LogP contribution in [0, 0.1) is 0 Å². The Morgan fingerprint density at radius 3 is 2.55 bits per heavy atom. The molecule has 1 fully saturated rings. The molecule has 1 heterocycles. The summed E-state index contributed by atoms with van der Waals surface area (Å²) in [5.41, 5.74) is 0. The highest BCUT2D eigenvalue weighted by Gasteiger charge is 2.34. The largest absolute Gasteiger partial charge is 0.313 e. The number of sulfone groups is 2. The molecule has 0 aromatic rings. The first-order valence-corrected chi connectivity index (χ1v) is 11.2. The minimum Gasteiger partial charge on any atom is -0.313 e. The van der Waals surface area contributed by atoms with Crippen molar-refractivity contribution < 1.29 is 16.8 Å². The predicted octanol–water partition coefficient (Wildman–Crippen LogP) is 1.15. The van der Waals surface area contributed by atoms with Gasteiger partial charge in [0.1, 0.15) is 9.84 Å². The lowest BCUT2D eigenvalue weighted by Gasteiger charge is -2.31. The van der Waals surface area contributed by atoms with Crippen molar-refractivity contribution in [3.63, 3.8) is 0 Å². The standard InChI is InChI=1S/C13H27NO4S2/c1-3-9-14-12(7-6-10-19(2,15)16)13-8-4-5-11-20(13,17)18/h12-14H,3-11H2,1-2H3. The van der Waals surface area contributed by atoms with Gasteiger partial charge in [-0.1, -0.05) is 13.3 Å². The topological polar surface area (TPSA) is 80.3 Å². The van der Waals surface area contributed by atoms with Gasteiger partial charge in [-0.2, -0.15) is 0 Å². The molecule has 0 spiro atoms. The molecule has 1 N–H and O–H groups in total. The van der Waals surface area contributed by atoms with Crippen LogP contribution in [-0.4, -0.2) is 52.4 Å². The molecule has 1 rings (SSSR count). The fraction of sp³-hybridized carbons (Fsp3) is 1.00. The van der Waals surface area contributed by atoms with Crippen LogP contribution in [0.3, 0.4) is 0 Å². The summed E-state index contributed by atoms with van der Waals surface area (Å²) in [5.74, 6) is 0.401. The highest BCUT2D eigenvalue weighted by atomic mass is 32.2. The molecule has 0 saturated carbocycles. The van der Waals surface area contributed by atoms with Crippen molar-refractivity contribution in [1.29, 1.82) is 0 Å². The van der Waals surface area contributed by atoms with E-state index in [-0.39, 0.29) is 22.8 Å². The van der Waals surface area contributed by atoms with E-state index in [1.165, 1.54) is 6.26 Å². The molecule has 2 atom stereocenters. The van der Waals surface area contributed by atoms with E-state index >= 15 is 0 Å². The number of hydrogen-bond acceptors (Lipinski definition) is 5. The Balaban J connectivity index is 2.67. The highest BCUT2D eigenvalue weighted by Crippen LogP contribution is 2.24. The van der Waals surface area contributed by atoms with E-state index in [0.717, 1.165) is 25.8 Å². The quantitative estimate of drug-likeness (QED) is 0.724. The smallest absolute Gasteiger partial charge is 0.154 e. The fourth-order valence-electron chi connectivity index (χ4n) is 2.75. The Morgan fingerprint density at radius 1 is 1.30 bits per heavy atom. The third-order valence-corrected chi connectivity index (χ3v) is 7.14. The van der Waals surface area contributed by atoms with Crippen molar-refractivity contribution in [1.82, 2.24) is 5.32 Å². The maximum atomic E-state index is 12.2. The van der Waals surface area contributed by atoms with Gasteiger partial charge in [-0.05, 0) is 38.6 Å². The molecule has 2 unspecified atom stereocenters. The molecular formula is C13H27NO4S2. The normalized spacial score (nSPS) is 24.4. The van der Waals surface area contributed by atoms with Crippen LogP contribution in [-0.2, 0) is 19.7 Å². The lowest BCUT2D eigenvalue weighted by molar-refractivity contribution is 0.414. The lowest BCUT2D eigenvalue weighted by atomic mass is 10.0. The first kappa shape index (κ1) is 17.9. The van der Waals surface area contributed by atoms with Crippen LogP contribution in [0.15, 0.2) is 0 Å². The summed E-state index contributed by atoms with van der Waals surface area (Å²) in [6.07, 6.45) is 5.68. The molecular weight excluding hydrogens is 298 g/mol. The first-order chi connectivity index (χ1) is 9.26. The summed E-state index contributed by atoms with van der Waals surface area (Å²) >= 11 is 0. The molecule has 1 aliphatic rings. The molecule has 0 aliphatic carbocycles. The van der Waals surface area contributed by atoms with Crippen molar-refractivity contribution in [2.24, 2.45) is 0 Å². The molecule has 1 saturated heterocycles. The van der Waals surface area contributed by atoms with Gasteiger partial charge in [0.05, 0.1) is 11.0 Å². The maximum absolute atomic E-state index is 12.2. The molecule has 5 nitrogen and oxygen atoms in total. The van der Waals surface area contributed by atoms with E-state index < -0.39 is 19.7 Å². The van der Waals surface area contributed by atoms with Gasteiger partial charge in [-0.15, -0.1) is 0 Å². The van der Waals surface area contributed by atoms with Crippen LogP contribution in [0.4, 0.5) is 0 Å². The minimum absolute atomic E-state index is 0.109. The summed E-state index contributed by atoms with van der Waals surface area (Å²) in [4.78, 5) is 0. The number of nitrogens with one attached hydrogen (secondary N) is 1. The fourth-order valence-corrected chi connectivity index (χ4v) is 5.60. The molecule has 0 bridgehead atoms. The lowest BCUT2D eigenvalue weighted by Crippen LogP contribution is -2.47. The van der Waals surface area contributed by atoms with Gasteiger partial charge < -0.3 is 5.32 Å². The zero-order chi connectivity index (χ0) is 15.2. The second-order valence-electron chi connectivity index (χ2n) is 5.73. The monoisotopic (exact) mass is 325 g/mol. The third-order valence-electron chi connectivity index (χ3n) is 3.76. The molecule has 0 amide bonds. The van der Waals surface area contributed by atoms with Crippen molar-refractivity contribution >= 4 is 19.7 Å². The molecule has 0 radical (unpaired) electrons. The molecule has 1 aliphatic heterocycles. The maximum Gasteiger partial charge on any atom is 0.154 e. The summed E-state index contributed by atoms with van der Waals surface area (Å²) in [7, 11) is -6.01. The third kappa shape index (κ3) is 6.10. The molecule has 120 valence electrons. The van der Waals surface area contributed by atoms with Gasteiger partial charge in [0.15, 0.2) is 9.84 Å². The van der Waals surface area contributed by atoms with Gasteiger partial charge in [0.2, 0.25) is 0 Å². The van der Waals surface area contributed by atoms with E-state index in [1.807, 2.05) is 6.92 Å². The Bertz CT molecular complexity index is 485. The van der Waals surface area contributed by atoms with Crippen molar-refractivity contribution in [3.05, 3.63) is 0 Å². The summed E-state index contributed by atoms with van der Waals surface area (Å²) < 4.78 is 46.8. The van der Waals surface area contributed by atoms with E-state index in [4.69, 9.17) is 0 Å². The molecule has 0 aromatic carbocycles. The summed E-state index contributed by atoms with van der Waals surface area (Å²) in [6.45, 7) is 2.81. The van der Waals surface area contributed by atoms with Gasteiger partial charge >= 0.3 is 0 Å². The van der Waals surface area contributed by atoms with E-state index in [0.29, 0.717) is 19.3 Å². The summed E-state index contributed by atoms with van der Waals surface area (Å²) in [6, 6.07) is -0.109. The SMILES string of the molecule is CCCNC(CCCS(C)(=O)=O)C1CCCCS1(=O)=O. The second kappa shape index (κ2) is 7.75. The van der Waals surface area contributed by atoms with Gasteiger partial charge in [0, 0.05) is 18.1 Å². The van der Waals surface area contributed by atoms with Gasteiger partial charge in [-0.3, -0.25) is 0 Å². The Kier molecular flexibility index (Phi) is 6.94. The zero-order valence-electron chi connectivity index (χ0n) is 12.5. The Morgan fingerprint density at radius 2 is 2.00 bits per heavy atom. The Hall–Kier alpha value is -0.140. The van der Waals surface area contributed by atoms with Gasteiger partial charge in [0.25, 0.3) is 0 Å². The van der Waals surface area contributed by atoms with Crippen molar-refractivity contribution in [2.75, 3.05) is 24.3 Å². The molecule has 7 heteroatoms. The van der Waals surface area contributed by atoms with E-state index in [1.54, 1.807) is 0 Å². The molecule has 20 heavy (non-hydrogen) atoms. The van der Waals surface area contributed by atoms with E-state index in [9.17, 15) is 16.8 Å². The van der Waals surface area contributed by atoms with E-state index in [2.05, 4.69) is 5.32 Å². The highest BCUT2D eigenvalue weighted by molar-refractivity contribution is 7.92. The average molecular weight is 325 g/mol. The number of rotatable bonds is 8. The van der Waals surface area contributed by atoms with Crippen LogP contribution in [0.25, 0.3) is 0 Å². The van der Waals surface area contributed by atoms with Crippen LogP contribution in [0.1, 0.15) is 45.4 Å². The van der Waals surface area contributed by atoms with Crippen molar-refractivity contribution in [3.8, 4) is 0 Å². The first-order valence-electron chi connectivity index (χ1n) is 7.39. The van der Waals surface area contributed by atoms with Crippen LogP contribution in [0.5, 0.6) is 0 Å². The Labute approximate surface area is 123 Å². The van der Waals surface area contributed by atoms with Crippen LogP contribution >= 0.6 is 0 Å². The zero-order valence-corrected chi connectivity index (χ0v) is 14.1. The van der Waals surface area contributed by atoms with Crippen molar-refractivity contribution in [2.45, 2.75) is 56.7 Å². The molecule has 0 aromatic heterocycles. The average Bonchev–Trinajstić information content (AvgIpc) is 2.32.